The molecule has 0 amide bonds. The maximum atomic E-state index is 10.7. The molecule has 4 nitrogen and oxygen atoms in total. The van der Waals surface area contributed by atoms with E-state index in [1.54, 1.807) is 6.92 Å². The first-order chi connectivity index (χ1) is 6.83. The van der Waals surface area contributed by atoms with Crippen molar-refractivity contribution in [2.45, 2.75) is 6.92 Å². The molecule has 0 spiro atoms. The molecule has 2 heterocycles. The number of nitrogens with zero attached hydrogens (tertiary/aromatic N) is 2. The zero-order valence-corrected chi connectivity index (χ0v) is 8.25. The summed E-state index contributed by atoms with van der Waals surface area (Å²) in [6.45, 7) is 1.78. The minimum atomic E-state index is 0.388. The van der Waals surface area contributed by atoms with Crippen LogP contribution in [0.5, 0.6) is 0 Å². The molecule has 0 bridgehead atoms. The van der Waals surface area contributed by atoms with Gasteiger partial charge in [0.1, 0.15) is 12.0 Å². The van der Waals surface area contributed by atoms with E-state index in [2.05, 4.69) is 10.3 Å². The van der Waals surface area contributed by atoms with Gasteiger partial charge < -0.3 is 4.52 Å². The van der Waals surface area contributed by atoms with Crippen LogP contribution in [-0.2, 0) is 5.21 Å². The van der Waals surface area contributed by atoms with Crippen LogP contribution in [0.1, 0.15) is 16.1 Å². The number of rotatable bonds is 2. The van der Waals surface area contributed by atoms with Gasteiger partial charge in [0.2, 0.25) is 0 Å². The maximum Gasteiger partial charge on any atom is 0.137 e. The second kappa shape index (κ2) is 3.63. The summed E-state index contributed by atoms with van der Waals surface area (Å²) in [5.74, 6) is 0. The van der Waals surface area contributed by atoms with E-state index in [9.17, 15) is 5.21 Å². The van der Waals surface area contributed by atoms with Gasteiger partial charge in [0.15, 0.2) is 0 Å². The number of aromatic nitrogens is 1. The highest BCUT2D eigenvalue weighted by atomic mass is 32.1. The predicted octanol–water partition coefficient (Wildman–Crippen LogP) is 2.23. The summed E-state index contributed by atoms with van der Waals surface area (Å²) in [5.41, 5.74) is 1.72. The molecule has 0 saturated carbocycles. The third-order valence-electron chi connectivity index (χ3n) is 1.85. The highest BCUT2D eigenvalue weighted by Gasteiger charge is 2.14. The smallest absolute Gasteiger partial charge is 0.137 e. The Kier molecular flexibility index (Phi) is 2.32. The van der Waals surface area contributed by atoms with Gasteiger partial charge in [-0.05, 0) is 23.5 Å². The van der Waals surface area contributed by atoms with Crippen LogP contribution in [0.25, 0.3) is 0 Å². The second-order valence-corrected chi connectivity index (χ2v) is 3.68. The van der Waals surface area contributed by atoms with Crippen molar-refractivity contribution in [3.05, 3.63) is 39.9 Å². The minimum absolute atomic E-state index is 0.388. The van der Waals surface area contributed by atoms with Gasteiger partial charge in [-0.25, -0.2) is 0 Å². The summed E-state index contributed by atoms with van der Waals surface area (Å²) in [6, 6.07) is 3.71. The lowest BCUT2D eigenvalue weighted by Crippen LogP contribution is -2.00. The Balaban J connectivity index is 2.47. The van der Waals surface area contributed by atoms with Crippen molar-refractivity contribution >= 4 is 17.0 Å². The van der Waals surface area contributed by atoms with E-state index in [1.165, 1.54) is 17.6 Å². The Morgan fingerprint density at radius 2 is 2.50 bits per heavy atom. The molecular weight excluding hydrogens is 200 g/mol. The Labute approximate surface area is 84.5 Å². The molecule has 5 heteroatoms. The molecule has 14 heavy (non-hydrogen) atoms. The molecule has 0 saturated heterocycles. The number of hydrogen-bond acceptors (Lipinski definition) is 4. The molecule has 0 aliphatic heterocycles. The van der Waals surface area contributed by atoms with Crippen molar-refractivity contribution in [1.29, 1.82) is 0 Å². The van der Waals surface area contributed by atoms with Crippen LogP contribution in [0.15, 0.2) is 33.5 Å². The average molecular weight is 207 g/mol. The molecule has 2 aromatic rings. The van der Waals surface area contributed by atoms with Gasteiger partial charge in [-0.3, -0.25) is 0 Å². The van der Waals surface area contributed by atoms with Crippen LogP contribution < -0.4 is 0 Å². The molecule has 0 fully saturated rings. The molecule has 0 atom stereocenters. The predicted molar refractivity (Wildman–Crippen MR) is 51.9 cm³/mol. The normalized spacial score (nSPS) is 11.9. The Hall–Kier alpha value is -1.62. The maximum absolute atomic E-state index is 10.7. The first-order valence-corrected chi connectivity index (χ1v) is 4.86. The first-order valence-electron chi connectivity index (χ1n) is 3.98. The minimum Gasteiger partial charge on any atom is -0.364 e. The van der Waals surface area contributed by atoms with Gasteiger partial charge in [0, 0.05) is 0 Å². The summed E-state index contributed by atoms with van der Waals surface area (Å²) >= 11 is 1.46. The number of aryl methyl sites for hydroxylation is 1. The molecule has 71 valence electrons. The number of hydrogen-bond donors (Lipinski definition) is 0. The largest absolute Gasteiger partial charge is 0.364 e. The quantitative estimate of drug-likeness (QED) is 0.560. The molecule has 0 aliphatic rings. The SMILES string of the molecule is Cc1nocc1/C(=N\[O])c1cccs1. The molecular formula is C9H7N2O2S. The van der Waals surface area contributed by atoms with Gasteiger partial charge in [-0.2, -0.15) is 0 Å². The standard InChI is InChI=1S/C9H7N2O2S/c1-6-7(5-13-11-6)9(10-12)8-3-2-4-14-8/h2-5H,1H3/b10-9+. The van der Waals surface area contributed by atoms with E-state index in [0.29, 0.717) is 17.0 Å². The van der Waals surface area contributed by atoms with E-state index in [0.717, 1.165) is 4.88 Å². The topological polar surface area (TPSA) is 58.3 Å². The Morgan fingerprint density at radius 1 is 1.64 bits per heavy atom. The van der Waals surface area contributed by atoms with Crippen LogP contribution >= 0.6 is 11.3 Å². The summed E-state index contributed by atoms with van der Waals surface area (Å²) < 4.78 is 4.76. The molecule has 0 aliphatic carbocycles. The molecule has 2 aromatic heterocycles. The third kappa shape index (κ3) is 1.42. The van der Waals surface area contributed by atoms with E-state index in [1.807, 2.05) is 17.5 Å². The van der Waals surface area contributed by atoms with Crippen molar-refractivity contribution in [1.82, 2.24) is 5.16 Å². The van der Waals surface area contributed by atoms with E-state index < -0.39 is 0 Å². The molecule has 1 radical (unpaired) electrons. The van der Waals surface area contributed by atoms with Crippen molar-refractivity contribution in [3.8, 4) is 0 Å². The molecule has 0 unspecified atom stereocenters. The van der Waals surface area contributed by atoms with Gasteiger partial charge in [-0.15, -0.1) is 16.5 Å². The van der Waals surface area contributed by atoms with Crippen LogP contribution in [-0.4, -0.2) is 10.9 Å². The van der Waals surface area contributed by atoms with Crippen molar-refractivity contribution in [2.75, 3.05) is 0 Å². The van der Waals surface area contributed by atoms with E-state index in [4.69, 9.17) is 4.52 Å². The van der Waals surface area contributed by atoms with Crippen LogP contribution in [0.2, 0.25) is 0 Å². The summed E-state index contributed by atoms with van der Waals surface area (Å²) in [5, 5.41) is 19.3. The Bertz CT molecular complexity index is 445. The fourth-order valence-corrected chi connectivity index (χ4v) is 1.88. The second-order valence-electron chi connectivity index (χ2n) is 2.73. The zero-order chi connectivity index (χ0) is 9.97. The van der Waals surface area contributed by atoms with Gasteiger partial charge in [-0.1, -0.05) is 11.2 Å². The summed E-state index contributed by atoms with van der Waals surface area (Å²) in [7, 11) is 0. The van der Waals surface area contributed by atoms with Gasteiger partial charge in [0.05, 0.1) is 16.1 Å². The van der Waals surface area contributed by atoms with Crippen LogP contribution in [0, 0.1) is 6.92 Å². The monoisotopic (exact) mass is 207 g/mol. The molecule has 2 rings (SSSR count). The van der Waals surface area contributed by atoms with Crippen LogP contribution in [0.4, 0.5) is 0 Å². The third-order valence-corrected chi connectivity index (χ3v) is 2.73. The summed E-state index contributed by atoms with van der Waals surface area (Å²) in [4.78, 5) is 0.825. The molecule has 0 aromatic carbocycles. The fraction of sp³-hybridized carbons (Fsp3) is 0.111. The van der Waals surface area contributed by atoms with E-state index >= 15 is 0 Å². The lowest BCUT2D eigenvalue weighted by Gasteiger charge is -1.95. The van der Waals surface area contributed by atoms with Gasteiger partial charge in [0.25, 0.3) is 0 Å². The summed E-state index contributed by atoms with van der Waals surface area (Å²) in [6.07, 6.45) is 1.44. The first kappa shape index (κ1) is 8.96. The van der Waals surface area contributed by atoms with Crippen LogP contribution in [0.3, 0.4) is 0 Å². The lowest BCUT2D eigenvalue weighted by atomic mass is 10.1. The van der Waals surface area contributed by atoms with Gasteiger partial charge >= 0.3 is 0 Å². The zero-order valence-electron chi connectivity index (χ0n) is 7.43. The fourth-order valence-electron chi connectivity index (χ4n) is 1.16. The van der Waals surface area contributed by atoms with Crippen molar-refractivity contribution in [2.24, 2.45) is 5.16 Å². The lowest BCUT2D eigenvalue weighted by molar-refractivity contribution is 0.210. The van der Waals surface area contributed by atoms with Crippen molar-refractivity contribution in [3.63, 3.8) is 0 Å². The number of thiophene rings is 1. The molecule has 0 N–H and O–H groups in total. The van der Waals surface area contributed by atoms with E-state index in [-0.39, 0.29) is 0 Å². The highest BCUT2D eigenvalue weighted by molar-refractivity contribution is 7.12. The Morgan fingerprint density at radius 3 is 3.00 bits per heavy atom. The average Bonchev–Trinajstić information content (AvgIpc) is 2.80. The highest BCUT2D eigenvalue weighted by Crippen LogP contribution is 2.17. The van der Waals surface area contributed by atoms with Crippen molar-refractivity contribution < 1.29 is 9.73 Å².